The summed E-state index contributed by atoms with van der Waals surface area (Å²) in [5.41, 5.74) is 7.15. The van der Waals surface area contributed by atoms with Crippen molar-refractivity contribution < 1.29 is 4.79 Å². The number of carbonyl (C=O) groups excluding carboxylic acids is 1. The van der Waals surface area contributed by atoms with Crippen LogP contribution in [0.3, 0.4) is 0 Å². The molecule has 0 saturated heterocycles. The Morgan fingerprint density at radius 3 is 2.70 bits per heavy atom. The van der Waals surface area contributed by atoms with Gasteiger partial charge in [0.25, 0.3) is 0 Å². The Morgan fingerprint density at radius 2 is 2.05 bits per heavy atom. The first-order chi connectivity index (χ1) is 9.51. The smallest absolute Gasteiger partial charge is 0.323 e. The van der Waals surface area contributed by atoms with Gasteiger partial charge in [0.1, 0.15) is 0 Å². The third-order valence-electron chi connectivity index (χ3n) is 3.15. The first-order valence-corrected chi connectivity index (χ1v) is 7.23. The van der Waals surface area contributed by atoms with E-state index in [1.54, 1.807) is 12.1 Å². The molecular weight excluding hydrogens is 324 g/mol. The minimum Gasteiger partial charge on any atom is -0.330 e. The number of imidazole rings is 1. The fraction of sp³-hybridized carbons (Fsp3) is 0.385. The van der Waals surface area contributed by atoms with Crippen molar-refractivity contribution in [1.29, 1.82) is 0 Å². The van der Waals surface area contributed by atoms with E-state index >= 15 is 0 Å². The first-order valence-electron chi connectivity index (χ1n) is 6.43. The molecule has 1 amide bonds. The molecule has 1 atom stereocenters. The minimum absolute atomic E-state index is 0.0589. The largest absolute Gasteiger partial charge is 0.330 e. The maximum Gasteiger partial charge on any atom is 0.323 e. The second kappa shape index (κ2) is 6.23. The van der Waals surface area contributed by atoms with Crippen molar-refractivity contribution in [2.75, 3.05) is 11.9 Å². The Bertz CT molecular complexity index is 677. The summed E-state index contributed by atoms with van der Waals surface area (Å²) >= 11 is 3.39. The SMILES string of the molecule is CC(CCCN)C(=O)Nc1cc2[nH]c(=O)[nH]c2cc1Br. The van der Waals surface area contributed by atoms with E-state index in [1.807, 2.05) is 6.92 Å². The number of hydrogen-bond donors (Lipinski definition) is 4. The van der Waals surface area contributed by atoms with E-state index in [-0.39, 0.29) is 17.5 Å². The molecule has 1 aromatic carbocycles. The molecule has 2 rings (SSSR count). The molecule has 5 N–H and O–H groups in total. The van der Waals surface area contributed by atoms with E-state index in [4.69, 9.17) is 5.73 Å². The highest BCUT2D eigenvalue weighted by Crippen LogP contribution is 2.27. The van der Waals surface area contributed by atoms with Crippen molar-refractivity contribution in [2.24, 2.45) is 11.7 Å². The lowest BCUT2D eigenvalue weighted by Gasteiger charge is -2.12. The van der Waals surface area contributed by atoms with Crippen molar-refractivity contribution in [3.63, 3.8) is 0 Å². The highest BCUT2D eigenvalue weighted by atomic mass is 79.9. The van der Waals surface area contributed by atoms with E-state index in [0.29, 0.717) is 23.3 Å². The second-order valence-corrected chi connectivity index (χ2v) is 5.63. The molecule has 0 radical (unpaired) electrons. The Kier molecular flexibility index (Phi) is 4.61. The highest BCUT2D eigenvalue weighted by molar-refractivity contribution is 9.10. The zero-order valence-electron chi connectivity index (χ0n) is 11.1. The third kappa shape index (κ3) is 3.29. The number of nitrogens with two attached hydrogens (primary N) is 1. The molecule has 1 heterocycles. The molecule has 2 aromatic rings. The van der Waals surface area contributed by atoms with Gasteiger partial charge in [-0.25, -0.2) is 4.79 Å². The number of benzene rings is 1. The molecule has 0 aliphatic carbocycles. The predicted octanol–water partition coefficient (Wildman–Crippen LogP) is 1.93. The maximum absolute atomic E-state index is 12.1. The number of rotatable bonds is 5. The van der Waals surface area contributed by atoms with Crippen molar-refractivity contribution >= 4 is 38.6 Å². The van der Waals surface area contributed by atoms with Crippen LogP contribution in [0.4, 0.5) is 5.69 Å². The number of aromatic amines is 2. The Labute approximate surface area is 124 Å². The van der Waals surface area contributed by atoms with Gasteiger partial charge in [-0.3, -0.25) is 4.79 Å². The molecule has 20 heavy (non-hydrogen) atoms. The van der Waals surface area contributed by atoms with Crippen LogP contribution in [0.5, 0.6) is 0 Å². The van der Waals surface area contributed by atoms with Gasteiger partial charge in [-0.05, 0) is 47.4 Å². The van der Waals surface area contributed by atoms with E-state index < -0.39 is 0 Å². The number of anilines is 1. The molecule has 0 saturated carbocycles. The summed E-state index contributed by atoms with van der Waals surface area (Å²) in [6.45, 7) is 2.45. The van der Waals surface area contributed by atoms with Crippen molar-refractivity contribution in [2.45, 2.75) is 19.8 Å². The van der Waals surface area contributed by atoms with Gasteiger partial charge < -0.3 is 21.0 Å². The number of H-pyrrole nitrogens is 2. The number of carbonyl (C=O) groups is 1. The zero-order valence-corrected chi connectivity index (χ0v) is 12.7. The Morgan fingerprint density at radius 1 is 1.40 bits per heavy atom. The monoisotopic (exact) mass is 340 g/mol. The summed E-state index contributed by atoms with van der Waals surface area (Å²) in [5.74, 6) is -0.164. The van der Waals surface area contributed by atoms with Crippen molar-refractivity contribution in [3.8, 4) is 0 Å². The quantitative estimate of drug-likeness (QED) is 0.668. The van der Waals surface area contributed by atoms with Gasteiger partial charge in [-0.2, -0.15) is 0 Å². The van der Waals surface area contributed by atoms with E-state index in [2.05, 4.69) is 31.2 Å². The number of halogens is 1. The van der Waals surface area contributed by atoms with Crippen LogP contribution in [-0.2, 0) is 4.79 Å². The molecule has 0 spiro atoms. The van der Waals surface area contributed by atoms with Gasteiger partial charge in [0.05, 0.1) is 16.7 Å². The van der Waals surface area contributed by atoms with Crippen LogP contribution in [0.1, 0.15) is 19.8 Å². The summed E-state index contributed by atoms with van der Waals surface area (Å²) < 4.78 is 0.722. The topological polar surface area (TPSA) is 104 Å². The summed E-state index contributed by atoms with van der Waals surface area (Å²) in [7, 11) is 0. The van der Waals surface area contributed by atoms with Crippen LogP contribution in [-0.4, -0.2) is 22.4 Å². The fourth-order valence-electron chi connectivity index (χ4n) is 1.96. The number of nitrogens with one attached hydrogen (secondary N) is 3. The Balaban J connectivity index is 2.18. The van der Waals surface area contributed by atoms with Crippen LogP contribution < -0.4 is 16.7 Å². The summed E-state index contributed by atoms with van der Waals surface area (Å²) in [6, 6.07) is 3.48. The molecule has 7 heteroatoms. The van der Waals surface area contributed by atoms with Gasteiger partial charge in [-0.15, -0.1) is 0 Å². The van der Waals surface area contributed by atoms with Crippen molar-refractivity contribution in [1.82, 2.24) is 9.97 Å². The first kappa shape index (κ1) is 14.8. The molecule has 0 bridgehead atoms. The maximum atomic E-state index is 12.1. The summed E-state index contributed by atoms with van der Waals surface area (Å²) in [6.07, 6.45) is 1.57. The van der Waals surface area contributed by atoms with Gasteiger partial charge in [-0.1, -0.05) is 6.92 Å². The molecular formula is C13H17BrN4O2. The molecule has 6 nitrogen and oxygen atoms in total. The van der Waals surface area contributed by atoms with Gasteiger partial charge >= 0.3 is 5.69 Å². The lowest BCUT2D eigenvalue weighted by molar-refractivity contribution is -0.119. The molecule has 1 unspecified atom stereocenters. The van der Waals surface area contributed by atoms with E-state index in [9.17, 15) is 9.59 Å². The molecule has 108 valence electrons. The number of hydrogen-bond acceptors (Lipinski definition) is 3. The van der Waals surface area contributed by atoms with E-state index in [1.165, 1.54) is 0 Å². The third-order valence-corrected chi connectivity index (χ3v) is 3.81. The zero-order chi connectivity index (χ0) is 14.7. The molecule has 1 aromatic heterocycles. The molecule has 0 aliphatic heterocycles. The lowest BCUT2D eigenvalue weighted by atomic mass is 10.0. The molecule has 0 fully saturated rings. The van der Waals surface area contributed by atoms with Crippen LogP contribution >= 0.6 is 15.9 Å². The normalized spacial score (nSPS) is 12.6. The number of fused-ring (bicyclic) bond motifs is 1. The minimum atomic E-state index is -0.272. The fourth-order valence-corrected chi connectivity index (χ4v) is 2.41. The summed E-state index contributed by atoms with van der Waals surface area (Å²) in [4.78, 5) is 28.6. The van der Waals surface area contributed by atoms with Crippen LogP contribution in [0.25, 0.3) is 11.0 Å². The Hall–Kier alpha value is -1.60. The molecule has 0 aliphatic rings. The van der Waals surface area contributed by atoms with Crippen LogP contribution in [0.2, 0.25) is 0 Å². The average Bonchev–Trinajstić information content (AvgIpc) is 2.75. The van der Waals surface area contributed by atoms with Crippen LogP contribution in [0, 0.1) is 5.92 Å². The number of amides is 1. The van der Waals surface area contributed by atoms with Gasteiger partial charge in [0.15, 0.2) is 0 Å². The second-order valence-electron chi connectivity index (χ2n) is 4.78. The van der Waals surface area contributed by atoms with Crippen molar-refractivity contribution in [3.05, 3.63) is 27.1 Å². The standard InChI is InChI=1S/C13H17BrN4O2/c1-7(3-2-4-15)12(19)16-9-6-11-10(5-8(9)14)17-13(20)18-11/h5-7H,2-4,15H2,1H3,(H,16,19)(H2,17,18,20). The summed E-state index contributed by atoms with van der Waals surface area (Å²) in [5, 5.41) is 2.86. The van der Waals surface area contributed by atoms with Gasteiger partial charge in [0, 0.05) is 10.4 Å². The van der Waals surface area contributed by atoms with Gasteiger partial charge in [0.2, 0.25) is 5.91 Å². The predicted molar refractivity (Wildman–Crippen MR) is 82.7 cm³/mol. The number of aromatic nitrogens is 2. The average molecular weight is 341 g/mol. The highest BCUT2D eigenvalue weighted by Gasteiger charge is 2.14. The van der Waals surface area contributed by atoms with E-state index in [0.717, 1.165) is 17.3 Å². The van der Waals surface area contributed by atoms with Crippen LogP contribution in [0.15, 0.2) is 21.4 Å². The lowest BCUT2D eigenvalue weighted by Crippen LogP contribution is -2.21.